The van der Waals surface area contributed by atoms with E-state index in [1.165, 1.54) is 18.2 Å². The second-order valence-corrected chi connectivity index (χ2v) is 3.10. The molecule has 0 atom stereocenters. The number of ether oxygens (including phenoxy) is 1. The molecule has 0 amide bonds. The molecular formula is C12H10FLiO4. The van der Waals surface area contributed by atoms with Crippen LogP contribution < -0.4 is 24.0 Å². The number of ketones is 1. The topological polar surface area (TPSA) is 66.4 Å². The summed E-state index contributed by atoms with van der Waals surface area (Å²) in [5.41, 5.74) is 0.00245. The van der Waals surface area contributed by atoms with Gasteiger partial charge in [0.2, 0.25) is 0 Å². The summed E-state index contributed by atoms with van der Waals surface area (Å²) in [7, 11) is 0. The number of esters is 1. The van der Waals surface area contributed by atoms with Gasteiger partial charge in [-0.2, -0.15) is 0 Å². The Morgan fingerprint density at radius 3 is 2.67 bits per heavy atom. The van der Waals surface area contributed by atoms with E-state index in [2.05, 4.69) is 4.74 Å². The van der Waals surface area contributed by atoms with Gasteiger partial charge in [0, 0.05) is 0 Å². The number of hydrogen-bond donors (Lipinski definition) is 0. The van der Waals surface area contributed by atoms with Crippen molar-refractivity contribution >= 4 is 17.5 Å². The molecule has 0 aliphatic carbocycles. The van der Waals surface area contributed by atoms with E-state index in [0.717, 1.165) is 6.07 Å². The summed E-state index contributed by atoms with van der Waals surface area (Å²) in [6.07, 6.45) is 0.590. The standard InChI is InChI=1S/C12H11FO4.Li/c1-2-17-12(16)11(15)7-10(14)8-4-3-5-9(13)6-8;/h3-7,14H,2H2,1H3;/q;+1/p-1. The minimum absolute atomic E-state index is 0. The average molecular weight is 244 g/mol. The first-order valence-electron chi connectivity index (χ1n) is 4.90. The van der Waals surface area contributed by atoms with Crippen molar-refractivity contribution in [2.24, 2.45) is 0 Å². The first-order valence-corrected chi connectivity index (χ1v) is 4.90. The minimum Gasteiger partial charge on any atom is -0.872 e. The van der Waals surface area contributed by atoms with Crippen LogP contribution in [0, 0.1) is 5.82 Å². The van der Waals surface area contributed by atoms with Crippen LogP contribution >= 0.6 is 0 Å². The van der Waals surface area contributed by atoms with Crippen LogP contribution in [0.25, 0.3) is 5.76 Å². The molecule has 0 aliphatic heterocycles. The Labute approximate surface area is 116 Å². The zero-order valence-electron chi connectivity index (χ0n) is 10.1. The number of carbonyl (C=O) groups excluding carboxylic acids is 2. The molecule has 0 aliphatic rings. The van der Waals surface area contributed by atoms with Gasteiger partial charge in [-0.1, -0.05) is 17.9 Å². The third kappa shape index (κ3) is 4.74. The maximum atomic E-state index is 12.8. The molecule has 0 heterocycles. The molecule has 0 aromatic heterocycles. The zero-order valence-corrected chi connectivity index (χ0v) is 10.1. The van der Waals surface area contributed by atoms with Crippen LogP contribution in [0.4, 0.5) is 4.39 Å². The fourth-order valence-electron chi connectivity index (χ4n) is 1.11. The minimum atomic E-state index is -1.10. The Hall–Kier alpha value is -1.57. The Bertz CT molecular complexity index is 471. The Kier molecular flexibility index (Phi) is 7.02. The molecule has 18 heavy (non-hydrogen) atoms. The van der Waals surface area contributed by atoms with Gasteiger partial charge in [-0.15, -0.1) is 0 Å². The van der Waals surface area contributed by atoms with Crippen molar-refractivity contribution < 1.29 is 42.7 Å². The van der Waals surface area contributed by atoms with E-state index >= 15 is 0 Å². The molecular weight excluding hydrogens is 234 g/mol. The quantitative estimate of drug-likeness (QED) is 0.196. The smallest absolute Gasteiger partial charge is 0.872 e. The predicted octanol–water partition coefficient (Wildman–Crippen LogP) is -2.34. The molecule has 0 saturated carbocycles. The van der Waals surface area contributed by atoms with Crippen LogP contribution in [0.2, 0.25) is 0 Å². The van der Waals surface area contributed by atoms with Gasteiger partial charge in [-0.05, 0) is 30.7 Å². The van der Waals surface area contributed by atoms with Gasteiger partial charge in [-0.3, -0.25) is 4.79 Å². The van der Waals surface area contributed by atoms with Gasteiger partial charge in [0.05, 0.1) is 6.61 Å². The second-order valence-electron chi connectivity index (χ2n) is 3.10. The van der Waals surface area contributed by atoms with E-state index in [0.29, 0.717) is 6.08 Å². The maximum Gasteiger partial charge on any atom is 1.00 e. The van der Waals surface area contributed by atoms with E-state index in [4.69, 9.17) is 0 Å². The number of carbonyl (C=O) groups is 2. The fraction of sp³-hybridized carbons (Fsp3) is 0.167. The summed E-state index contributed by atoms with van der Waals surface area (Å²) in [4.78, 5) is 22.1. The summed E-state index contributed by atoms with van der Waals surface area (Å²) in [6.45, 7) is 1.59. The van der Waals surface area contributed by atoms with Crippen molar-refractivity contribution in [1.82, 2.24) is 0 Å². The first-order chi connectivity index (χ1) is 8.04. The van der Waals surface area contributed by atoms with Gasteiger partial charge in [0.1, 0.15) is 5.82 Å². The number of rotatable bonds is 4. The van der Waals surface area contributed by atoms with Crippen molar-refractivity contribution in [2.45, 2.75) is 6.92 Å². The number of halogens is 1. The van der Waals surface area contributed by atoms with Gasteiger partial charge in [-0.25, -0.2) is 9.18 Å². The van der Waals surface area contributed by atoms with Gasteiger partial charge < -0.3 is 9.84 Å². The maximum absolute atomic E-state index is 12.8. The Morgan fingerprint density at radius 1 is 1.44 bits per heavy atom. The molecule has 0 N–H and O–H groups in total. The van der Waals surface area contributed by atoms with Crippen LogP contribution in [0.3, 0.4) is 0 Å². The van der Waals surface area contributed by atoms with Gasteiger partial charge in [0.25, 0.3) is 5.78 Å². The molecule has 1 rings (SSSR count). The predicted molar refractivity (Wildman–Crippen MR) is 56.0 cm³/mol. The summed E-state index contributed by atoms with van der Waals surface area (Å²) >= 11 is 0. The van der Waals surface area contributed by atoms with Crippen LogP contribution in [-0.2, 0) is 14.3 Å². The molecule has 1 aromatic rings. The van der Waals surface area contributed by atoms with E-state index in [1.54, 1.807) is 6.92 Å². The largest absolute Gasteiger partial charge is 1.00 e. The molecule has 4 nitrogen and oxygen atoms in total. The Morgan fingerprint density at radius 2 is 2.11 bits per heavy atom. The first kappa shape index (κ1) is 16.4. The summed E-state index contributed by atoms with van der Waals surface area (Å²) < 4.78 is 17.2. The summed E-state index contributed by atoms with van der Waals surface area (Å²) in [5, 5.41) is 11.5. The van der Waals surface area contributed by atoms with Crippen molar-refractivity contribution in [1.29, 1.82) is 0 Å². The molecule has 0 radical (unpaired) electrons. The van der Waals surface area contributed by atoms with E-state index in [9.17, 15) is 19.1 Å². The second kappa shape index (κ2) is 7.70. The van der Waals surface area contributed by atoms with Crippen molar-refractivity contribution in [3.8, 4) is 0 Å². The molecule has 0 unspecified atom stereocenters. The van der Waals surface area contributed by atoms with Crippen LogP contribution in [-0.4, -0.2) is 18.4 Å². The fourth-order valence-corrected chi connectivity index (χ4v) is 1.11. The third-order valence-electron chi connectivity index (χ3n) is 1.85. The molecule has 0 bridgehead atoms. The van der Waals surface area contributed by atoms with Crippen LogP contribution in [0.1, 0.15) is 12.5 Å². The monoisotopic (exact) mass is 244 g/mol. The molecule has 90 valence electrons. The summed E-state index contributed by atoms with van der Waals surface area (Å²) in [5.74, 6) is -3.48. The normalized spacial score (nSPS) is 10.4. The van der Waals surface area contributed by atoms with E-state index in [1.807, 2.05) is 0 Å². The van der Waals surface area contributed by atoms with Crippen LogP contribution in [0.15, 0.2) is 30.3 Å². The summed E-state index contributed by atoms with van der Waals surface area (Å²) in [6, 6.07) is 4.84. The zero-order chi connectivity index (χ0) is 12.8. The SMILES string of the molecule is CCOC(=O)C(=O)C=C([O-])c1cccc(F)c1.[Li+]. The molecule has 0 spiro atoms. The van der Waals surface area contributed by atoms with Crippen molar-refractivity contribution in [3.63, 3.8) is 0 Å². The van der Waals surface area contributed by atoms with E-state index < -0.39 is 23.3 Å². The molecule has 0 fully saturated rings. The number of benzene rings is 1. The average Bonchev–Trinajstić information content (AvgIpc) is 2.29. The molecule has 0 saturated heterocycles. The Balaban J connectivity index is 0.00000289. The van der Waals surface area contributed by atoms with Crippen LogP contribution in [0.5, 0.6) is 0 Å². The van der Waals surface area contributed by atoms with E-state index in [-0.39, 0.29) is 31.0 Å². The van der Waals surface area contributed by atoms with Crippen molar-refractivity contribution in [3.05, 3.63) is 41.7 Å². The molecule has 6 heteroatoms. The molecule has 1 aromatic carbocycles. The van der Waals surface area contributed by atoms with Gasteiger partial charge >= 0.3 is 24.8 Å². The number of hydrogen-bond acceptors (Lipinski definition) is 4. The van der Waals surface area contributed by atoms with Crippen molar-refractivity contribution in [2.75, 3.05) is 6.61 Å². The third-order valence-corrected chi connectivity index (χ3v) is 1.85. The van der Waals surface area contributed by atoms with Gasteiger partial charge in [0.15, 0.2) is 0 Å².